The number of benzene rings is 2. The molecule has 2 aliphatic rings. The topological polar surface area (TPSA) is 111 Å². The molecule has 0 spiro atoms. The molecule has 1 aliphatic heterocycles. The van der Waals surface area contributed by atoms with Crippen LogP contribution in [0.5, 0.6) is 0 Å². The maximum atomic E-state index is 13.0. The molecule has 1 saturated heterocycles. The SMILES string of the molecule is CCS(=O)(=O)c1ccc(CNC(=O)c2ccc3c(c2)nc(C2CC2)n3C[C@H]2CCN(C(=O)OC(C)(C)C)C2)cc1. The Balaban J connectivity index is 1.27. The first-order valence-corrected chi connectivity index (χ1v) is 15.7. The molecule has 1 saturated carbocycles. The third-order valence-electron chi connectivity index (χ3n) is 7.48. The molecule has 0 bridgehead atoms. The zero-order valence-corrected chi connectivity index (χ0v) is 24.5. The number of nitrogens with zero attached hydrogens (tertiary/aromatic N) is 3. The molecule has 2 amide bonds. The summed E-state index contributed by atoms with van der Waals surface area (Å²) in [5.74, 6) is 1.65. The number of imidazole rings is 1. The van der Waals surface area contributed by atoms with Crippen molar-refractivity contribution in [1.82, 2.24) is 19.8 Å². The molecule has 5 rings (SSSR count). The summed E-state index contributed by atoms with van der Waals surface area (Å²) in [6, 6.07) is 12.2. The van der Waals surface area contributed by atoms with E-state index in [9.17, 15) is 18.0 Å². The van der Waals surface area contributed by atoms with Crippen LogP contribution in [0.2, 0.25) is 0 Å². The van der Waals surface area contributed by atoms with Crippen LogP contribution in [0, 0.1) is 5.92 Å². The number of hydrogen-bond donors (Lipinski definition) is 1. The van der Waals surface area contributed by atoms with Gasteiger partial charge < -0.3 is 19.5 Å². The van der Waals surface area contributed by atoms with Crippen molar-refractivity contribution in [2.45, 2.75) is 76.5 Å². The van der Waals surface area contributed by atoms with E-state index < -0.39 is 15.4 Å². The first-order chi connectivity index (χ1) is 18.9. The number of amides is 2. The van der Waals surface area contributed by atoms with Crippen molar-refractivity contribution in [2.75, 3.05) is 18.8 Å². The molecular weight excluding hydrogens is 528 g/mol. The smallest absolute Gasteiger partial charge is 0.410 e. The number of rotatable bonds is 8. The lowest BCUT2D eigenvalue weighted by Gasteiger charge is -2.24. The van der Waals surface area contributed by atoms with Crippen molar-refractivity contribution in [3.63, 3.8) is 0 Å². The van der Waals surface area contributed by atoms with Gasteiger partial charge in [-0.25, -0.2) is 18.2 Å². The molecule has 1 aromatic heterocycles. The van der Waals surface area contributed by atoms with Crippen LogP contribution in [0.1, 0.15) is 74.6 Å². The van der Waals surface area contributed by atoms with E-state index in [1.165, 1.54) is 0 Å². The van der Waals surface area contributed by atoms with Crippen LogP contribution in [0.4, 0.5) is 4.79 Å². The Kier molecular flexibility index (Phi) is 7.65. The highest BCUT2D eigenvalue weighted by Gasteiger charge is 2.33. The molecule has 1 aliphatic carbocycles. The molecule has 2 fully saturated rings. The van der Waals surface area contributed by atoms with Crippen molar-refractivity contribution in [3.8, 4) is 0 Å². The number of carbonyl (C=O) groups is 2. The van der Waals surface area contributed by atoms with Crippen LogP contribution in [0.15, 0.2) is 47.4 Å². The number of likely N-dealkylation sites (tertiary alicyclic amines) is 1. The fourth-order valence-electron chi connectivity index (χ4n) is 5.13. The standard InChI is InChI=1S/C30H38N4O5S/c1-5-40(37,38)24-11-6-20(7-12-24)17-31-28(35)23-10-13-26-25(16-23)32-27(22-8-9-22)34(26)19-21-14-15-33(18-21)29(36)39-30(2,3)4/h6-7,10-13,16,21-22H,5,8-9,14-15,17-19H2,1-4H3,(H,31,35)/t21-/m0/s1. The highest BCUT2D eigenvalue weighted by Crippen LogP contribution is 2.41. The average Bonchev–Trinajstić information content (AvgIpc) is 3.54. The van der Waals surface area contributed by atoms with Crippen LogP contribution < -0.4 is 5.32 Å². The quantitative estimate of drug-likeness (QED) is 0.416. The normalized spacial score (nSPS) is 17.8. The van der Waals surface area contributed by atoms with E-state index in [1.54, 1.807) is 36.1 Å². The molecule has 40 heavy (non-hydrogen) atoms. The van der Waals surface area contributed by atoms with E-state index in [-0.39, 0.29) is 22.6 Å². The molecule has 9 nitrogen and oxygen atoms in total. The Morgan fingerprint density at radius 3 is 2.45 bits per heavy atom. The van der Waals surface area contributed by atoms with Crippen molar-refractivity contribution >= 4 is 32.9 Å². The zero-order chi connectivity index (χ0) is 28.7. The Bertz CT molecular complexity index is 1520. The first kappa shape index (κ1) is 28.1. The maximum absolute atomic E-state index is 13.0. The van der Waals surface area contributed by atoms with Crippen LogP contribution in [0.25, 0.3) is 11.0 Å². The number of aromatic nitrogens is 2. The van der Waals surface area contributed by atoms with E-state index in [4.69, 9.17) is 9.72 Å². The summed E-state index contributed by atoms with van der Waals surface area (Å²) < 4.78 is 31.9. The fraction of sp³-hybridized carbons (Fsp3) is 0.500. The highest BCUT2D eigenvalue weighted by atomic mass is 32.2. The first-order valence-electron chi connectivity index (χ1n) is 14.0. The Labute approximate surface area is 235 Å². The van der Waals surface area contributed by atoms with Crippen molar-refractivity contribution in [3.05, 3.63) is 59.4 Å². The molecule has 1 atom stereocenters. The van der Waals surface area contributed by atoms with Crippen molar-refractivity contribution in [2.24, 2.45) is 5.92 Å². The summed E-state index contributed by atoms with van der Waals surface area (Å²) >= 11 is 0. The van der Waals surface area contributed by atoms with E-state index in [0.29, 0.717) is 37.0 Å². The molecule has 1 N–H and O–H groups in total. The van der Waals surface area contributed by atoms with E-state index in [2.05, 4.69) is 9.88 Å². The minimum absolute atomic E-state index is 0.0506. The van der Waals surface area contributed by atoms with Gasteiger partial charge in [0, 0.05) is 37.7 Å². The predicted octanol–water partition coefficient (Wildman–Crippen LogP) is 4.89. The number of sulfone groups is 1. The van der Waals surface area contributed by atoms with Gasteiger partial charge in [-0.2, -0.15) is 0 Å². The van der Waals surface area contributed by atoms with Gasteiger partial charge in [-0.3, -0.25) is 4.79 Å². The van der Waals surface area contributed by atoms with Crippen LogP contribution in [-0.4, -0.2) is 59.3 Å². The van der Waals surface area contributed by atoms with E-state index in [0.717, 1.165) is 48.2 Å². The second kappa shape index (κ2) is 10.9. The summed E-state index contributed by atoms with van der Waals surface area (Å²) in [6.45, 7) is 9.67. The van der Waals surface area contributed by atoms with Crippen LogP contribution >= 0.6 is 0 Å². The molecule has 3 aromatic rings. The monoisotopic (exact) mass is 566 g/mol. The molecular formula is C30H38N4O5S. The number of ether oxygens (including phenoxy) is 1. The van der Waals surface area contributed by atoms with Gasteiger partial charge in [0.05, 0.1) is 21.7 Å². The summed E-state index contributed by atoms with van der Waals surface area (Å²) in [4.78, 5) is 32.5. The zero-order valence-electron chi connectivity index (χ0n) is 23.6. The fourth-order valence-corrected chi connectivity index (χ4v) is 6.02. The Hall–Kier alpha value is -3.40. The second-order valence-electron chi connectivity index (χ2n) is 11.9. The lowest BCUT2D eigenvalue weighted by Crippen LogP contribution is -2.35. The van der Waals surface area contributed by atoms with Gasteiger partial charge in [-0.15, -0.1) is 0 Å². The number of carbonyl (C=O) groups excluding carboxylic acids is 2. The van der Waals surface area contributed by atoms with Gasteiger partial charge in [0.1, 0.15) is 11.4 Å². The average molecular weight is 567 g/mol. The van der Waals surface area contributed by atoms with Gasteiger partial charge in [0.15, 0.2) is 9.84 Å². The third-order valence-corrected chi connectivity index (χ3v) is 9.23. The molecule has 0 unspecified atom stereocenters. The van der Waals surface area contributed by atoms with Gasteiger partial charge in [0.2, 0.25) is 0 Å². The minimum Gasteiger partial charge on any atom is -0.444 e. The van der Waals surface area contributed by atoms with Gasteiger partial charge in [-0.05, 0) is 81.8 Å². The third kappa shape index (κ3) is 6.32. The van der Waals surface area contributed by atoms with E-state index >= 15 is 0 Å². The highest BCUT2D eigenvalue weighted by molar-refractivity contribution is 7.91. The van der Waals surface area contributed by atoms with Gasteiger partial charge in [0.25, 0.3) is 5.91 Å². The lowest BCUT2D eigenvalue weighted by molar-refractivity contribution is 0.0287. The second-order valence-corrected chi connectivity index (χ2v) is 14.1. The number of nitrogens with one attached hydrogen (secondary N) is 1. The molecule has 2 heterocycles. The van der Waals surface area contributed by atoms with Crippen LogP contribution in [0.3, 0.4) is 0 Å². The number of hydrogen-bond acceptors (Lipinski definition) is 6. The summed E-state index contributed by atoms with van der Waals surface area (Å²) in [6.07, 6.45) is 2.88. The minimum atomic E-state index is -3.25. The Morgan fingerprint density at radius 1 is 1.07 bits per heavy atom. The molecule has 2 aromatic carbocycles. The summed E-state index contributed by atoms with van der Waals surface area (Å²) in [5.41, 5.74) is 2.64. The maximum Gasteiger partial charge on any atom is 0.410 e. The number of fused-ring (bicyclic) bond motifs is 1. The Morgan fingerprint density at radius 2 is 1.80 bits per heavy atom. The van der Waals surface area contributed by atoms with Crippen molar-refractivity contribution in [1.29, 1.82) is 0 Å². The lowest BCUT2D eigenvalue weighted by atomic mass is 10.1. The predicted molar refractivity (Wildman–Crippen MR) is 153 cm³/mol. The van der Waals surface area contributed by atoms with Crippen LogP contribution in [-0.2, 0) is 27.7 Å². The summed E-state index contributed by atoms with van der Waals surface area (Å²) in [5, 5.41) is 2.93. The van der Waals surface area contributed by atoms with Crippen molar-refractivity contribution < 1.29 is 22.7 Å². The van der Waals surface area contributed by atoms with Gasteiger partial charge in [-0.1, -0.05) is 19.1 Å². The van der Waals surface area contributed by atoms with Gasteiger partial charge >= 0.3 is 6.09 Å². The largest absolute Gasteiger partial charge is 0.444 e. The molecule has 214 valence electrons. The molecule has 10 heteroatoms. The summed E-state index contributed by atoms with van der Waals surface area (Å²) in [7, 11) is -3.25. The molecule has 0 radical (unpaired) electrons. The van der Waals surface area contributed by atoms with E-state index in [1.807, 2.05) is 39.0 Å².